The van der Waals surface area contributed by atoms with Crippen molar-refractivity contribution < 1.29 is 4.79 Å². The minimum atomic E-state index is 0.163. The molecule has 1 aliphatic carbocycles. The molecule has 2 atom stereocenters. The van der Waals surface area contributed by atoms with Crippen LogP contribution in [0.4, 0.5) is 0 Å². The molecule has 6 nitrogen and oxygen atoms in total. The van der Waals surface area contributed by atoms with Crippen molar-refractivity contribution >= 4 is 11.6 Å². The second-order valence-electron chi connectivity index (χ2n) is 8.82. The molecule has 2 fully saturated rings. The fourth-order valence-corrected chi connectivity index (χ4v) is 3.68. The lowest BCUT2D eigenvalue weighted by Gasteiger charge is -2.26. The average Bonchev–Trinajstić information content (AvgIpc) is 3.24. The maximum atomic E-state index is 10.5. The lowest BCUT2D eigenvalue weighted by molar-refractivity contribution is -0.122. The van der Waals surface area contributed by atoms with Gasteiger partial charge in [0.2, 0.25) is 5.91 Å². The molecule has 2 heterocycles. The lowest BCUT2D eigenvalue weighted by Crippen LogP contribution is -2.33. The summed E-state index contributed by atoms with van der Waals surface area (Å²) in [5.41, 5.74) is 9.24. The molecule has 32 heavy (non-hydrogen) atoms. The van der Waals surface area contributed by atoms with Gasteiger partial charge in [-0.05, 0) is 64.4 Å². The molecule has 0 aromatic carbocycles. The van der Waals surface area contributed by atoms with Crippen molar-refractivity contribution in [2.24, 2.45) is 17.6 Å². The molecule has 3 rings (SSSR count). The van der Waals surface area contributed by atoms with E-state index in [9.17, 15) is 4.79 Å². The predicted molar refractivity (Wildman–Crippen MR) is 137 cm³/mol. The van der Waals surface area contributed by atoms with Gasteiger partial charge in [-0.3, -0.25) is 4.79 Å². The van der Waals surface area contributed by atoms with Gasteiger partial charge >= 0.3 is 0 Å². The van der Waals surface area contributed by atoms with Gasteiger partial charge in [0.15, 0.2) is 0 Å². The van der Waals surface area contributed by atoms with Crippen molar-refractivity contribution in [3.05, 3.63) is 29.4 Å². The summed E-state index contributed by atoms with van der Waals surface area (Å²) in [4.78, 5) is 17.9. The fraction of sp³-hybridized carbons (Fsp3) is 0.731. The van der Waals surface area contributed by atoms with E-state index in [4.69, 9.17) is 11.1 Å². The molecule has 2 aliphatic rings. The second kappa shape index (κ2) is 17.6. The van der Waals surface area contributed by atoms with Crippen molar-refractivity contribution in [1.82, 2.24) is 15.3 Å². The van der Waals surface area contributed by atoms with Gasteiger partial charge in [0.1, 0.15) is 5.82 Å². The number of carbonyl (C=O) groups excluding carboxylic acids is 1. The summed E-state index contributed by atoms with van der Waals surface area (Å²) >= 11 is 0. The van der Waals surface area contributed by atoms with Crippen LogP contribution in [0.15, 0.2) is 17.8 Å². The van der Waals surface area contributed by atoms with Crippen LogP contribution in [-0.2, 0) is 4.79 Å². The number of hydrogen-bond donors (Lipinski definition) is 4. The number of aryl methyl sites for hydroxylation is 1. The summed E-state index contributed by atoms with van der Waals surface area (Å²) in [5, 5.41) is 9.84. The summed E-state index contributed by atoms with van der Waals surface area (Å²) in [5.74, 6) is 2.52. The monoisotopic (exact) mass is 447 g/mol. The number of amides is 1. The van der Waals surface area contributed by atoms with Gasteiger partial charge in [-0.1, -0.05) is 52.5 Å². The number of H-pyrrole nitrogens is 1. The van der Waals surface area contributed by atoms with E-state index in [-0.39, 0.29) is 11.9 Å². The molecule has 5 N–H and O–H groups in total. The zero-order chi connectivity index (χ0) is 24.5. The number of nitrogens with two attached hydrogens (primary N) is 1. The Bertz CT molecular complexity index is 664. The summed E-state index contributed by atoms with van der Waals surface area (Å²) in [6, 6.07) is 0.163. The largest absolute Gasteiger partial charge is 0.356 e. The third-order valence-electron chi connectivity index (χ3n) is 5.77. The number of aromatic nitrogens is 2. The Balaban J connectivity index is 0.000000462. The van der Waals surface area contributed by atoms with Crippen molar-refractivity contribution in [3.63, 3.8) is 0 Å². The molecule has 0 bridgehead atoms. The molecule has 1 aromatic rings. The van der Waals surface area contributed by atoms with Gasteiger partial charge in [0.25, 0.3) is 0 Å². The van der Waals surface area contributed by atoms with Gasteiger partial charge in [-0.2, -0.15) is 0 Å². The number of nitrogens with one attached hydrogen (secondary N) is 3. The molecular formula is C26H49N5O. The molecule has 1 aliphatic heterocycles. The minimum Gasteiger partial charge on any atom is -0.356 e. The smallest absolute Gasteiger partial charge is 0.220 e. The Morgan fingerprint density at radius 2 is 1.88 bits per heavy atom. The van der Waals surface area contributed by atoms with E-state index in [0.717, 1.165) is 37.3 Å². The maximum absolute atomic E-state index is 10.5. The average molecular weight is 448 g/mol. The molecule has 0 radical (unpaired) electrons. The molecule has 1 saturated heterocycles. The van der Waals surface area contributed by atoms with Gasteiger partial charge in [0.05, 0.1) is 5.69 Å². The number of carbonyl (C=O) groups is 1. The van der Waals surface area contributed by atoms with Crippen LogP contribution in [0.3, 0.4) is 0 Å². The van der Waals surface area contributed by atoms with Crippen LogP contribution in [0.1, 0.15) is 110 Å². The first-order valence-electron chi connectivity index (χ1n) is 12.5. The summed E-state index contributed by atoms with van der Waals surface area (Å²) in [6.07, 6.45) is 13.2. The third kappa shape index (κ3) is 13.5. The standard InChI is InChI=1S/C11H19N3.C7H13N.C6H11NO.C2H6/c1-8-13-7-10(14-8)11(12)9-5-3-2-4-6-9;1-4-6(2)5-7(3)8;1-5-2-3-6(8)7-4-5;1-2/h7,9,11H,2-6,12H2,1H3,(H,13,14);5,8H,4H2,1-3H3;5H,2-4H2,1H3,(H,7,8);1-2H3. The highest BCUT2D eigenvalue weighted by Gasteiger charge is 2.22. The van der Waals surface area contributed by atoms with E-state index in [1.165, 1.54) is 37.7 Å². The van der Waals surface area contributed by atoms with Crippen molar-refractivity contribution in [2.45, 2.75) is 106 Å². The zero-order valence-corrected chi connectivity index (χ0v) is 21.7. The predicted octanol–water partition coefficient (Wildman–Crippen LogP) is 6.24. The molecule has 1 saturated carbocycles. The van der Waals surface area contributed by atoms with Crippen LogP contribution < -0.4 is 11.1 Å². The van der Waals surface area contributed by atoms with Gasteiger partial charge in [-0.25, -0.2) is 4.98 Å². The summed E-state index contributed by atoms with van der Waals surface area (Å²) in [7, 11) is 0. The first kappa shape index (κ1) is 30.0. The number of piperidine rings is 1. The van der Waals surface area contributed by atoms with Crippen LogP contribution in [0, 0.1) is 24.2 Å². The van der Waals surface area contributed by atoms with E-state index >= 15 is 0 Å². The second-order valence-corrected chi connectivity index (χ2v) is 8.82. The van der Waals surface area contributed by atoms with Crippen LogP contribution in [0.25, 0.3) is 0 Å². The topological polar surface area (TPSA) is 108 Å². The molecule has 1 amide bonds. The van der Waals surface area contributed by atoms with E-state index in [1.807, 2.05) is 40.0 Å². The Morgan fingerprint density at radius 3 is 2.25 bits per heavy atom. The Hall–Kier alpha value is -1.95. The van der Waals surface area contributed by atoms with Gasteiger partial charge in [-0.15, -0.1) is 0 Å². The Kier molecular flexibility index (Phi) is 16.5. The number of rotatable bonds is 4. The number of aromatic amines is 1. The molecule has 2 unspecified atom stereocenters. The van der Waals surface area contributed by atoms with Crippen LogP contribution in [0.2, 0.25) is 0 Å². The van der Waals surface area contributed by atoms with Crippen LogP contribution in [-0.4, -0.2) is 28.1 Å². The molecule has 184 valence electrons. The Morgan fingerprint density at radius 1 is 1.25 bits per heavy atom. The van der Waals surface area contributed by atoms with E-state index in [2.05, 4.69) is 29.1 Å². The molecule has 6 heteroatoms. The van der Waals surface area contributed by atoms with Crippen molar-refractivity contribution in [2.75, 3.05) is 6.54 Å². The summed E-state index contributed by atoms with van der Waals surface area (Å²) in [6.45, 7) is 14.9. The number of allylic oxidation sites excluding steroid dienone is 2. The van der Waals surface area contributed by atoms with E-state index < -0.39 is 0 Å². The number of nitrogens with zero attached hydrogens (tertiary/aromatic N) is 1. The van der Waals surface area contributed by atoms with Crippen LogP contribution in [0.5, 0.6) is 0 Å². The van der Waals surface area contributed by atoms with Gasteiger partial charge in [0, 0.05) is 30.9 Å². The van der Waals surface area contributed by atoms with Crippen molar-refractivity contribution in [3.8, 4) is 0 Å². The highest BCUT2D eigenvalue weighted by atomic mass is 16.1. The zero-order valence-electron chi connectivity index (χ0n) is 21.7. The highest BCUT2D eigenvalue weighted by molar-refractivity contribution is 5.90. The normalized spacial score (nSPS) is 19.7. The number of imidazole rings is 1. The van der Waals surface area contributed by atoms with E-state index in [1.54, 1.807) is 6.92 Å². The SMILES string of the molecule is CC.CC1CCC(=O)NC1.CCC(C)=CC(C)=N.Cc1ncc(C(N)C2CCCCC2)[nH]1. The maximum Gasteiger partial charge on any atom is 0.220 e. The summed E-state index contributed by atoms with van der Waals surface area (Å²) < 4.78 is 0. The first-order chi connectivity index (χ1) is 15.2. The Labute approximate surface area is 196 Å². The molecular weight excluding hydrogens is 398 g/mol. The fourth-order valence-electron chi connectivity index (χ4n) is 3.68. The lowest BCUT2D eigenvalue weighted by atomic mass is 9.83. The molecule has 0 spiro atoms. The van der Waals surface area contributed by atoms with Gasteiger partial charge < -0.3 is 21.4 Å². The number of hydrogen-bond acceptors (Lipinski definition) is 4. The van der Waals surface area contributed by atoms with Crippen molar-refractivity contribution in [1.29, 1.82) is 5.41 Å². The van der Waals surface area contributed by atoms with Crippen LogP contribution >= 0.6 is 0 Å². The first-order valence-corrected chi connectivity index (χ1v) is 12.5. The molecule has 1 aromatic heterocycles. The quantitative estimate of drug-likeness (QED) is 0.410. The van der Waals surface area contributed by atoms with E-state index in [0.29, 0.717) is 17.5 Å². The minimum absolute atomic E-state index is 0.163. The third-order valence-corrected chi connectivity index (χ3v) is 5.77. The highest BCUT2D eigenvalue weighted by Crippen LogP contribution is 2.32.